The van der Waals surface area contributed by atoms with Gasteiger partial charge in [0.15, 0.2) is 0 Å². The molecule has 1 fully saturated rings. The Kier molecular flexibility index (Phi) is 4.04. The van der Waals surface area contributed by atoms with Crippen LogP contribution in [0, 0.1) is 5.92 Å². The van der Waals surface area contributed by atoms with Gasteiger partial charge in [0.1, 0.15) is 5.76 Å². The Balaban J connectivity index is 2.25. The predicted molar refractivity (Wildman–Crippen MR) is 70.0 cm³/mol. The quantitative estimate of drug-likeness (QED) is 0.805. The summed E-state index contributed by atoms with van der Waals surface area (Å²) in [5.41, 5.74) is 0. The van der Waals surface area contributed by atoms with Crippen molar-refractivity contribution < 1.29 is 12.8 Å². The van der Waals surface area contributed by atoms with Crippen LogP contribution < -0.4 is 0 Å². The molecule has 0 aliphatic carbocycles. The van der Waals surface area contributed by atoms with Gasteiger partial charge in [-0.3, -0.25) is 0 Å². The SMILES string of the molecule is CC1CCN(S(=O)(=O)c2ccc(CCl)o2)C(C)C1. The van der Waals surface area contributed by atoms with E-state index in [1.54, 1.807) is 6.07 Å². The summed E-state index contributed by atoms with van der Waals surface area (Å²) < 4.78 is 31.6. The normalized spacial score (nSPS) is 26.4. The van der Waals surface area contributed by atoms with Gasteiger partial charge < -0.3 is 4.42 Å². The Hall–Kier alpha value is -0.520. The number of hydrogen-bond acceptors (Lipinski definition) is 3. The third-order valence-electron chi connectivity index (χ3n) is 3.41. The molecule has 6 heteroatoms. The molecule has 4 nitrogen and oxygen atoms in total. The maximum Gasteiger partial charge on any atom is 0.276 e. The second-order valence-electron chi connectivity index (χ2n) is 4.95. The number of alkyl halides is 1. The highest BCUT2D eigenvalue weighted by Crippen LogP contribution is 2.29. The fourth-order valence-corrected chi connectivity index (χ4v) is 4.16. The molecule has 2 heterocycles. The largest absolute Gasteiger partial charge is 0.447 e. The molecule has 1 aromatic heterocycles. The van der Waals surface area contributed by atoms with Gasteiger partial charge in [-0.15, -0.1) is 11.6 Å². The molecule has 0 saturated carbocycles. The van der Waals surface area contributed by atoms with Crippen molar-refractivity contribution in [3.63, 3.8) is 0 Å². The Morgan fingerprint density at radius 2 is 2.17 bits per heavy atom. The average Bonchev–Trinajstić information content (AvgIpc) is 2.77. The summed E-state index contributed by atoms with van der Waals surface area (Å²) in [6.45, 7) is 4.65. The fourth-order valence-electron chi connectivity index (χ4n) is 2.43. The van der Waals surface area contributed by atoms with Crippen molar-refractivity contribution in [2.24, 2.45) is 5.92 Å². The third kappa shape index (κ3) is 2.58. The highest BCUT2D eigenvalue weighted by atomic mass is 35.5. The van der Waals surface area contributed by atoms with Crippen LogP contribution in [0.4, 0.5) is 0 Å². The van der Waals surface area contributed by atoms with E-state index in [9.17, 15) is 8.42 Å². The molecule has 18 heavy (non-hydrogen) atoms. The van der Waals surface area contributed by atoms with Crippen LogP contribution in [0.2, 0.25) is 0 Å². The Morgan fingerprint density at radius 1 is 1.44 bits per heavy atom. The zero-order chi connectivity index (χ0) is 13.3. The summed E-state index contributed by atoms with van der Waals surface area (Å²) in [7, 11) is -3.52. The molecule has 2 rings (SSSR count). The smallest absolute Gasteiger partial charge is 0.276 e. The first-order chi connectivity index (χ1) is 8.45. The lowest BCUT2D eigenvalue weighted by Gasteiger charge is -2.34. The minimum atomic E-state index is -3.52. The molecular weight excluding hydrogens is 274 g/mol. The van der Waals surface area contributed by atoms with E-state index < -0.39 is 10.0 Å². The second kappa shape index (κ2) is 5.23. The number of nitrogens with zero attached hydrogens (tertiary/aromatic N) is 1. The maximum atomic E-state index is 12.4. The zero-order valence-electron chi connectivity index (χ0n) is 10.6. The summed E-state index contributed by atoms with van der Waals surface area (Å²) in [6.07, 6.45) is 1.79. The van der Waals surface area contributed by atoms with Gasteiger partial charge in [0.05, 0.1) is 5.88 Å². The molecular formula is C12H18ClNO3S. The molecule has 102 valence electrons. The van der Waals surface area contributed by atoms with Crippen molar-refractivity contribution in [1.82, 2.24) is 4.31 Å². The Morgan fingerprint density at radius 3 is 2.72 bits per heavy atom. The van der Waals surface area contributed by atoms with Gasteiger partial charge >= 0.3 is 0 Å². The van der Waals surface area contributed by atoms with E-state index in [2.05, 4.69) is 6.92 Å². The first-order valence-electron chi connectivity index (χ1n) is 6.11. The van der Waals surface area contributed by atoms with Crippen molar-refractivity contribution >= 4 is 21.6 Å². The van der Waals surface area contributed by atoms with Gasteiger partial charge in [0.2, 0.25) is 5.09 Å². The van der Waals surface area contributed by atoms with Gasteiger partial charge in [-0.25, -0.2) is 8.42 Å². The third-order valence-corrected chi connectivity index (χ3v) is 5.56. The minimum Gasteiger partial charge on any atom is -0.447 e. The van der Waals surface area contributed by atoms with Gasteiger partial charge in [-0.05, 0) is 37.8 Å². The first kappa shape index (κ1) is 13.9. The first-order valence-corrected chi connectivity index (χ1v) is 8.09. The van der Waals surface area contributed by atoms with Crippen LogP contribution in [-0.4, -0.2) is 25.3 Å². The highest BCUT2D eigenvalue weighted by molar-refractivity contribution is 7.89. The van der Waals surface area contributed by atoms with Gasteiger partial charge in [-0.2, -0.15) is 4.31 Å². The second-order valence-corrected chi connectivity index (χ2v) is 7.04. The molecule has 1 aromatic rings. The van der Waals surface area contributed by atoms with Crippen LogP contribution in [0.3, 0.4) is 0 Å². The lowest BCUT2D eigenvalue weighted by molar-refractivity contribution is 0.215. The van der Waals surface area contributed by atoms with Crippen LogP contribution in [0.1, 0.15) is 32.4 Å². The number of furan rings is 1. The fraction of sp³-hybridized carbons (Fsp3) is 0.667. The standard InChI is InChI=1S/C12H18ClNO3S/c1-9-5-6-14(10(2)7-9)18(15,16)12-4-3-11(8-13)17-12/h3-4,9-10H,5-8H2,1-2H3. The van der Waals surface area contributed by atoms with Gasteiger partial charge in [0, 0.05) is 12.6 Å². The van der Waals surface area contributed by atoms with Crippen molar-refractivity contribution in [3.05, 3.63) is 17.9 Å². The zero-order valence-corrected chi connectivity index (χ0v) is 12.2. The van der Waals surface area contributed by atoms with E-state index in [-0.39, 0.29) is 17.0 Å². The summed E-state index contributed by atoms with van der Waals surface area (Å²) in [5, 5.41) is -0.000414. The number of halogens is 1. The van der Waals surface area contributed by atoms with Crippen molar-refractivity contribution in [1.29, 1.82) is 0 Å². The molecule has 0 aromatic carbocycles. The molecule has 1 saturated heterocycles. The molecule has 0 N–H and O–H groups in total. The van der Waals surface area contributed by atoms with E-state index in [0.717, 1.165) is 12.8 Å². The number of sulfonamides is 1. The van der Waals surface area contributed by atoms with E-state index in [0.29, 0.717) is 18.2 Å². The van der Waals surface area contributed by atoms with E-state index in [1.807, 2.05) is 6.92 Å². The van der Waals surface area contributed by atoms with Gasteiger partial charge in [-0.1, -0.05) is 6.92 Å². The van der Waals surface area contributed by atoms with Crippen LogP contribution in [0.25, 0.3) is 0 Å². The van der Waals surface area contributed by atoms with E-state index in [4.69, 9.17) is 16.0 Å². The summed E-state index contributed by atoms with van der Waals surface area (Å²) >= 11 is 5.62. The number of piperidine rings is 1. The lowest BCUT2D eigenvalue weighted by Crippen LogP contribution is -2.43. The molecule has 1 aliphatic rings. The van der Waals surface area contributed by atoms with E-state index in [1.165, 1.54) is 10.4 Å². The number of rotatable bonds is 3. The summed E-state index contributed by atoms with van der Waals surface area (Å²) in [6, 6.07) is 3.11. The average molecular weight is 292 g/mol. The molecule has 0 bridgehead atoms. The van der Waals surface area contributed by atoms with Crippen LogP contribution in [0.5, 0.6) is 0 Å². The molecule has 0 amide bonds. The van der Waals surface area contributed by atoms with Gasteiger partial charge in [0.25, 0.3) is 10.0 Å². The molecule has 2 atom stereocenters. The maximum absolute atomic E-state index is 12.4. The monoisotopic (exact) mass is 291 g/mol. The summed E-state index contributed by atoms with van der Waals surface area (Å²) in [5.74, 6) is 1.23. The van der Waals surface area contributed by atoms with Crippen LogP contribution >= 0.6 is 11.6 Å². The molecule has 2 unspecified atom stereocenters. The summed E-state index contributed by atoms with van der Waals surface area (Å²) in [4.78, 5) is 0. The van der Waals surface area contributed by atoms with Crippen molar-refractivity contribution in [3.8, 4) is 0 Å². The predicted octanol–water partition coefficient (Wildman–Crippen LogP) is 2.83. The minimum absolute atomic E-state index is 0.000414. The lowest BCUT2D eigenvalue weighted by atomic mass is 9.95. The topological polar surface area (TPSA) is 50.5 Å². The Bertz CT molecular complexity index is 511. The number of hydrogen-bond donors (Lipinski definition) is 0. The van der Waals surface area contributed by atoms with Crippen molar-refractivity contribution in [2.45, 2.75) is 43.7 Å². The van der Waals surface area contributed by atoms with E-state index >= 15 is 0 Å². The molecule has 1 aliphatic heterocycles. The van der Waals surface area contributed by atoms with Crippen LogP contribution in [-0.2, 0) is 15.9 Å². The molecule has 0 radical (unpaired) electrons. The molecule has 0 spiro atoms. The Labute approximate surface area is 113 Å². The van der Waals surface area contributed by atoms with Crippen molar-refractivity contribution in [2.75, 3.05) is 6.54 Å². The van der Waals surface area contributed by atoms with Crippen LogP contribution in [0.15, 0.2) is 21.6 Å². The highest BCUT2D eigenvalue weighted by Gasteiger charge is 2.35.